The lowest BCUT2D eigenvalue weighted by atomic mass is 9.84. The van der Waals surface area contributed by atoms with Gasteiger partial charge in [-0.2, -0.15) is 0 Å². The first-order valence-electron chi connectivity index (χ1n) is 6.16. The van der Waals surface area contributed by atoms with Gasteiger partial charge in [0.2, 0.25) is 0 Å². The Bertz CT molecular complexity index is 244. The van der Waals surface area contributed by atoms with Gasteiger partial charge in [-0.3, -0.25) is 9.69 Å². The van der Waals surface area contributed by atoms with Crippen molar-refractivity contribution in [1.82, 2.24) is 9.80 Å². The van der Waals surface area contributed by atoms with Crippen LogP contribution in [-0.4, -0.2) is 54.3 Å². The summed E-state index contributed by atoms with van der Waals surface area (Å²) in [4.78, 5) is 16.9. The molecule has 3 heteroatoms. The van der Waals surface area contributed by atoms with Crippen LogP contribution in [0, 0.1) is 0 Å². The predicted molar refractivity (Wildman–Crippen MR) is 61.0 cm³/mol. The van der Waals surface area contributed by atoms with E-state index in [9.17, 15) is 4.79 Å². The molecule has 1 spiro atoms. The molecule has 0 amide bonds. The number of Topliss-reactive ketones (excluding diaryl/α,β-unsaturated/α-hetero) is 1. The summed E-state index contributed by atoms with van der Waals surface area (Å²) in [7, 11) is 2.15. The Balaban J connectivity index is 2.11. The third-order valence-electron chi connectivity index (χ3n) is 4.04. The summed E-state index contributed by atoms with van der Waals surface area (Å²) in [5.74, 6) is 0.504. The maximum Gasteiger partial charge on any atom is 0.154 e. The van der Waals surface area contributed by atoms with E-state index in [-0.39, 0.29) is 5.54 Å². The number of piperidine rings is 1. The Kier molecular flexibility index (Phi) is 3.12. The fourth-order valence-electron chi connectivity index (χ4n) is 3.04. The van der Waals surface area contributed by atoms with Gasteiger partial charge in [0.15, 0.2) is 5.78 Å². The van der Waals surface area contributed by atoms with E-state index in [0.717, 1.165) is 51.9 Å². The topological polar surface area (TPSA) is 23.6 Å². The van der Waals surface area contributed by atoms with E-state index in [4.69, 9.17) is 0 Å². The van der Waals surface area contributed by atoms with Crippen molar-refractivity contribution in [3.05, 3.63) is 0 Å². The highest BCUT2D eigenvalue weighted by Gasteiger charge is 2.48. The van der Waals surface area contributed by atoms with Crippen molar-refractivity contribution in [2.24, 2.45) is 0 Å². The van der Waals surface area contributed by atoms with Crippen LogP contribution in [0.1, 0.15) is 32.6 Å². The van der Waals surface area contributed by atoms with Gasteiger partial charge in [0, 0.05) is 26.1 Å². The minimum atomic E-state index is -0.0669. The first kappa shape index (κ1) is 11.1. The highest BCUT2D eigenvalue weighted by Crippen LogP contribution is 2.35. The molecule has 2 aliphatic rings. The smallest absolute Gasteiger partial charge is 0.154 e. The monoisotopic (exact) mass is 210 g/mol. The molecule has 0 unspecified atom stereocenters. The van der Waals surface area contributed by atoms with Crippen LogP contribution in [0.15, 0.2) is 0 Å². The Labute approximate surface area is 92.4 Å². The van der Waals surface area contributed by atoms with Gasteiger partial charge in [-0.25, -0.2) is 0 Å². The molecule has 2 fully saturated rings. The lowest BCUT2D eigenvalue weighted by Gasteiger charge is -2.42. The van der Waals surface area contributed by atoms with E-state index in [0.29, 0.717) is 5.78 Å². The molecule has 2 saturated heterocycles. The minimum absolute atomic E-state index is 0.0669. The van der Waals surface area contributed by atoms with Crippen LogP contribution in [-0.2, 0) is 4.79 Å². The fraction of sp³-hybridized carbons (Fsp3) is 0.917. The molecular formula is C12H22N2O. The van der Waals surface area contributed by atoms with Gasteiger partial charge in [-0.1, -0.05) is 6.92 Å². The third-order valence-corrected chi connectivity index (χ3v) is 4.04. The van der Waals surface area contributed by atoms with E-state index in [1.165, 1.54) is 0 Å². The normalized spacial score (nSPS) is 27.7. The Morgan fingerprint density at radius 3 is 2.53 bits per heavy atom. The van der Waals surface area contributed by atoms with E-state index in [2.05, 4.69) is 23.8 Å². The largest absolute Gasteiger partial charge is 0.306 e. The number of hydrogen-bond acceptors (Lipinski definition) is 3. The number of carbonyl (C=O) groups excluding carboxylic acids is 1. The van der Waals surface area contributed by atoms with Crippen molar-refractivity contribution in [2.45, 2.75) is 38.1 Å². The second kappa shape index (κ2) is 4.22. The minimum Gasteiger partial charge on any atom is -0.306 e. The van der Waals surface area contributed by atoms with Crippen LogP contribution in [0.25, 0.3) is 0 Å². The van der Waals surface area contributed by atoms with Crippen LogP contribution >= 0.6 is 0 Å². The van der Waals surface area contributed by atoms with Crippen molar-refractivity contribution in [1.29, 1.82) is 0 Å². The quantitative estimate of drug-likeness (QED) is 0.683. The molecule has 86 valence electrons. The van der Waals surface area contributed by atoms with E-state index in [1.807, 2.05) is 0 Å². The highest BCUT2D eigenvalue weighted by molar-refractivity contribution is 5.90. The van der Waals surface area contributed by atoms with Crippen molar-refractivity contribution in [3.8, 4) is 0 Å². The molecular weight excluding hydrogens is 188 g/mol. The van der Waals surface area contributed by atoms with Crippen molar-refractivity contribution >= 4 is 5.78 Å². The lowest BCUT2D eigenvalue weighted by Crippen LogP contribution is -2.55. The molecule has 2 heterocycles. The first-order chi connectivity index (χ1) is 7.19. The first-order valence-corrected chi connectivity index (χ1v) is 6.16. The van der Waals surface area contributed by atoms with Gasteiger partial charge in [0.05, 0.1) is 5.54 Å². The van der Waals surface area contributed by atoms with Crippen LogP contribution < -0.4 is 0 Å². The summed E-state index contributed by atoms with van der Waals surface area (Å²) >= 11 is 0. The lowest BCUT2D eigenvalue weighted by molar-refractivity contribution is -0.127. The summed E-state index contributed by atoms with van der Waals surface area (Å²) in [6.07, 6.45) is 4.03. The molecule has 0 radical (unpaired) electrons. The predicted octanol–water partition coefficient (Wildman–Crippen LogP) is 1.14. The molecule has 0 aromatic carbocycles. The number of likely N-dealkylation sites (tertiary alicyclic amines) is 2. The van der Waals surface area contributed by atoms with Crippen molar-refractivity contribution < 1.29 is 4.79 Å². The zero-order chi connectivity index (χ0) is 10.9. The second-order valence-corrected chi connectivity index (χ2v) is 5.00. The molecule has 3 nitrogen and oxygen atoms in total. The van der Waals surface area contributed by atoms with Crippen LogP contribution in [0.3, 0.4) is 0 Å². The van der Waals surface area contributed by atoms with Gasteiger partial charge in [-0.05, 0) is 32.9 Å². The standard InChI is InChI=1S/C12H22N2O/c1-3-7-14-8-4-11(15)12(14)5-9-13(2)10-6-12/h3-10H2,1-2H3. The summed E-state index contributed by atoms with van der Waals surface area (Å²) in [5.41, 5.74) is -0.0669. The van der Waals surface area contributed by atoms with Crippen molar-refractivity contribution in [3.63, 3.8) is 0 Å². The van der Waals surface area contributed by atoms with Gasteiger partial charge >= 0.3 is 0 Å². The van der Waals surface area contributed by atoms with E-state index >= 15 is 0 Å². The van der Waals surface area contributed by atoms with E-state index < -0.39 is 0 Å². The maximum absolute atomic E-state index is 12.1. The molecule has 0 aromatic rings. The zero-order valence-electron chi connectivity index (χ0n) is 9.96. The molecule has 0 atom stereocenters. The molecule has 2 rings (SSSR count). The van der Waals surface area contributed by atoms with Crippen LogP contribution in [0.4, 0.5) is 0 Å². The van der Waals surface area contributed by atoms with Gasteiger partial charge in [0.1, 0.15) is 0 Å². The van der Waals surface area contributed by atoms with Gasteiger partial charge in [0.25, 0.3) is 0 Å². The van der Waals surface area contributed by atoms with Gasteiger partial charge < -0.3 is 4.90 Å². The molecule has 15 heavy (non-hydrogen) atoms. The number of hydrogen-bond donors (Lipinski definition) is 0. The Morgan fingerprint density at radius 1 is 1.27 bits per heavy atom. The van der Waals surface area contributed by atoms with Crippen LogP contribution in [0.2, 0.25) is 0 Å². The summed E-state index contributed by atoms with van der Waals surface area (Å²) in [6.45, 7) is 6.44. The third kappa shape index (κ3) is 1.83. The summed E-state index contributed by atoms with van der Waals surface area (Å²) < 4.78 is 0. The SMILES string of the molecule is CCCN1CCC(=O)C12CCN(C)CC2. The molecule has 0 N–H and O–H groups in total. The number of nitrogens with zero attached hydrogens (tertiary/aromatic N) is 2. The zero-order valence-corrected chi connectivity index (χ0v) is 9.96. The number of carbonyl (C=O) groups is 1. The molecule has 0 saturated carbocycles. The number of ketones is 1. The summed E-state index contributed by atoms with van der Waals surface area (Å²) in [5, 5.41) is 0. The molecule has 0 aliphatic carbocycles. The average Bonchev–Trinajstić information content (AvgIpc) is 2.52. The van der Waals surface area contributed by atoms with Crippen molar-refractivity contribution in [2.75, 3.05) is 33.2 Å². The molecule has 2 aliphatic heterocycles. The van der Waals surface area contributed by atoms with E-state index in [1.54, 1.807) is 0 Å². The summed E-state index contributed by atoms with van der Waals surface area (Å²) in [6, 6.07) is 0. The Hall–Kier alpha value is -0.410. The van der Waals surface area contributed by atoms with Crippen LogP contribution in [0.5, 0.6) is 0 Å². The maximum atomic E-state index is 12.1. The second-order valence-electron chi connectivity index (χ2n) is 5.00. The Morgan fingerprint density at radius 2 is 1.93 bits per heavy atom. The molecule has 0 aromatic heterocycles. The fourth-order valence-corrected chi connectivity index (χ4v) is 3.04. The highest BCUT2D eigenvalue weighted by atomic mass is 16.1. The average molecular weight is 210 g/mol. The molecule has 0 bridgehead atoms. The van der Waals surface area contributed by atoms with Gasteiger partial charge in [-0.15, -0.1) is 0 Å². The number of rotatable bonds is 2.